The highest BCUT2D eigenvalue weighted by atomic mass is 16.2. The Bertz CT molecular complexity index is 453. The van der Waals surface area contributed by atoms with Crippen molar-refractivity contribution >= 4 is 17.8 Å². The molecule has 2 aliphatic heterocycles. The van der Waals surface area contributed by atoms with Gasteiger partial charge in [-0.15, -0.1) is 0 Å². The molecule has 1 spiro atoms. The fourth-order valence-electron chi connectivity index (χ4n) is 3.49. The second-order valence-corrected chi connectivity index (χ2v) is 6.23. The van der Waals surface area contributed by atoms with Crippen molar-refractivity contribution in [2.75, 3.05) is 19.6 Å². The Kier molecular flexibility index (Phi) is 3.28. The van der Waals surface area contributed by atoms with Crippen molar-refractivity contribution in [2.45, 2.75) is 45.1 Å². The van der Waals surface area contributed by atoms with Crippen molar-refractivity contribution in [1.82, 2.24) is 15.1 Å². The van der Waals surface area contributed by atoms with Crippen LogP contribution in [0.15, 0.2) is 0 Å². The van der Waals surface area contributed by atoms with Crippen LogP contribution in [0.2, 0.25) is 0 Å². The zero-order chi connectivity index (χ0) is 14.3. The van der Waals surface area contributed by atoms with Crippen LogP contribution in [0, 0.1) is 5.41 Å². The van der Waals surface area contributed by atoms with Gasteiger partial charge in [-0.05, 0) is 45.7 Å². The Labute approximate surface area is 118 Å². The Morgan fingerprint density at radius 2 is 1.80 bits per heavy atom. The van der Waals surface area contributed by atoms with Crippen molar-refractivity contribution < 1.29 is 14.4 Å². The van der Waals surface area contributed by atoms with E-state index in [4.69, 9.17) is 0 Å². The van der Waals surface area contributed by atoms with Gasteiger partial charge >= 0.3 is 6.03 Å². The summed E-state index contributed by atoms with van der Waals surface area (Å²) in [6.07, 6.45) is 4.36. The molecule has 1 N–H and O–H groups in total. The molecule has 1 saturated carbocycles. The number of carbonyl (C=O) groups excluding carboxylic acids is 3. The molecule has 1 atom stereocenters. The van der Waals surface area contributed by atoms with Gasteiger partial charge in [-0.2, -0.15) is 0 Å². The Morgan fingerprint density at radius 1 is 1.15 bits per heavy atom. The van der Waals surface area contributed by atoms with E-state index in [2.05, 4.69) is 10.2 Å². The third kappa shape index (κ3) is 1.93. The largest absolute Gasteiger partial charge is 0.331 e. The highest BCUT2D eigenvalue weighted by molar-refractivity contribution is 6.19. The molecule has 0 aromatic rings. The molecule has 6 nitrogen and oxygen atoms in total. The van der Waals surface area contributed by atoms with E-state index >= 15 is 0 Å². The topological polar surface area (TPSA) is 69.7 Å². The lowest BCUT2D eigenvalue weighted by molar-refractivity contribution is -0.159. The van der Waals surface area contributed by atoms with Crippen LogP contribution in [0.3, 0.4) is 0 Å². The lowest BCUT2D eigenvalue weighted by Gasteiger charge is -2.46. The number of nitrogens with zero attached hydrogens (tertiary/aromatic N) is 2. The molecule has 6 heteroatoms. The lowest BCUT2D eigenvalue weighted by Crippen LogP contribution is -2.68. The van der Waals surface area contributed by atoms with Crippen LogP contribution in [0.25, 0.3) is 0 Å². The van der Waals surface area contributed by atoms with Crippen molar-refractivity contribution in [1.29, 1.82) is 0 Å². The molecule has 0 bridgehead atoms. The van der Waals surface area contributed by atoms with Gasteiger partial charge in [0.05, 0.1) is 6.04 Å². The molecule has 4 amide bonds. The average Bonchev–Trinajstić information content (AvgIpc) is 2.78. The van der Waals surface area contributed by atoms with Gasteiger partial charge in [0.2, 0.25) is 11.8 Å². The van der Waals surface area contributed by atoms with Gasteiger partial charge in [0.15, 0.2) is 0 Å². The van der Waals surface area contributed by atoms with Gasteiger partial charge in [-0.1, -0.05) is 6.42 Å². The average molecular weight is 279 g/mol. The van der Waals surface area contributed by atoms with Gasteiger partial charge in [0, 0.05) is 6.54 Å². The molecule has 0 aromatic carbocycles. The maximum atomic E-state index is 12.6. The van der Waals surface area contributed by atoms with Crippen LogP contribution in [0.1, 0.15) is 39.0 Å². The second kappa shape index (κ2) is 4.84. The highest BCUT2D eigenvalue weighted by Gasteiger charge is 2.58. The number of barbiturate groups is 1. The predicted molar refractivity (Wildman–Crippen MR) is 71.8 cm³/mol. The Balaban J connectivity index is 1.75. The maximum Gasteiger partial charge on any atom is 0.331 e. The van der Waals surface area contributed by atoms with Crippen LogP contribution >= 0.6 is 0 Å². The SMILES string of the molecule is CC(CN1CCCC1)N1C(=O)NC(=O)C2(CCC2)C1=O. The van der Waals surface area contributed by atoms with Gasteiger partial charge in [-0.3, -0.25) is 19.8 Å². The van der Waals surface area contributed by atoms with E-state index in [9.17, 15) is 14.4 Å². The minimum absolute atomic E-state index is 0.189. The van der Waals surface area contributed by atoms with Gasteiger partial charge in [0.1, 0.15) is 5.41 Å². The van der Waals surface area contributed by atoms with Crippen LogP contribution in [-0.4, -0.2) is 53.3 Å². The number of nitrogens with one attached hydrogen (secondary N) is 1. The summed E-state index contributed by atoms with van der Waals surface area (Å²) in [7, 11) is 0. The van der Waals surface area contributed by atoms with Gasteiger partial charge in [-0.25, -0.2) is 4.79 Å². The first-order valence-corrected chi connectivity index (χ1v) is 7.46. The number of hydrogen-bond donors (Lipinski definition) is 1. The fraction of sp³-hybridized carbons (Fsp3) is 0.786. The molecule has 3 fully saturated rings. The first kappa shape index (κ1) is 13.5. The van der Waals surface area contributed by atoms with E-state index in [1.165, 1.54) is 17.7 Å². The quantitative estimate of drug-likeness (QED) is 0.773. The van der Waals surface area contributed by atoms with Crippen LogP contribution in [0.4, 0.5) is 4.79 Å². The normalized spacial score (nSPS) is 27.6. The number of hydrogen-bond acceptors (Lipinski definition) is 4. The molecule has 2 saturated heterocycles. The number of urea groups is 1. The summed E-state index contributed by atoms with van der Waals surface area (Å²) in [4.78, 5) is 40.1. The highest BCUT2D eigenvalue weighted by Crippen LogP contribution is 2.44. The number of likely N-dealkylation sites (tertiary alicyclic amines) is 1. The van der Waals surface area contributed by atoms with Crippen molar-refractivity contribution in [2.24, 2.45) is 5.41 Å². The summed E-state index contributed by atoms with van der Waals surface area (Å²) in [5.74, 6) is -0.687. The second-order valence-electron chi connectivity index (χ2n) is 6.23. The number of imide groups is 2. The number of amides is 4. The standard InChI is InChI=1S/C14H21N3O3/c1-10(9-16-7-2-3-8-16)17-12(19)14(5-4-6-14)11(18)15-13(17)20/h10H,2-9H2,1H3,(H,15,18,20). The molecule has 2 heterocycles. The minimum Gasteiger partial charge on any atom is -0.301 e. The summed E-state index contributed by atoms with van der Waals surface area (Å²) in [6, 6.07) is -0.740. The summed E-state index contributed by atoms with van der Waals surface area (Å²) < 4.78 is 0. The summed E-state index contributed by atoms with van der Waals surface area (Å²) in [5, 5.41) is 2.37. The third-order valence-electron chi connectivity index (χ3n) is 4.87. The molecular weight excluding hydrogens is 258 g/mol. The zero-order valence-electron chi connectivity index (χ0n) is 11.9. The lowest BCUT2D eigenvalue weighted by atomic mass is 9.66. The van der Waals surface area contributed by atoms with Crippen molar-refractivity contribution in [3.8, 4) is 0 Å². The molecule has 0 aromatic heterocycles. The third-order valence-corrected chi connectivity index (χ3v) is 4.87. The first-order valence-electron chi connectivity index (χ1n) is 7.46. The minimum atomic E-state index is -0.951. The predicted octanol–water partition coefficient (Wildman–Crippen LogP) is 0.719. The van der Waals surface area contributed by atoms with Crippen molar-refractivity contribution in [3.63, 3.8) is 0 Å². The van der Waals surface area contributed by atoms with Crippen LogP contribution < -0.4 is 5.32 Å². The monoisotopic (exact) mass is 279 g/mol. The van der Waals surface area contributed by atoms with E-state index in [1.807, 2.05) is 6.92 Å². The molecule has 1 unspecified atom stereocenters. The fourth-order valence-corrected chi connectivity index (χ4v) is 3.49. The van der Waals surface area contributed by atoms with E-state index in [-0.39, 0.29) is 11.9 Å². The summed E-state index contributed by atoms with van der Waals surface area (Å²) in [5.41, 5.74) is -0.951. The molecule has 20 heavy (non-hydrogen) atoms. The maximum absolute atomic E-state index is 12.6. The molecule has 110 valence electrons. The van der Waals surface area contributed by atoms with Crippen LogP contribution in [0.5, 0.6) is 0 Å². The Morgan fingerprint density at radius 3 is 2.35 bits per heavy atom. The molecule has 3 rings (SSSR count). The molecule has 1 aliphatic carbocycles. The molecule has 0 radical (unpaired) electrons. The first-order chi connectivity index (χ1) is 9.54. The smallest absolute Gasteiger partial charge is 0.301 e. The van der Waals surface area contributed by atoms with E-state index in [0.29, 0.717) is 19.4 Å². The van der Waals surface area contributed by atoms with Gasteiger partial charge < -0.3 is 4.90 Å². The van der Waals surface area contributed by atoms with Crippen LogP contribution in [-0.2, 0) is 9.59 Å². The Hall–Kier alpha value is -1.43. The summed E-state index contributed by atoms with van der Waals surface area (Å²) in [6.45, 7) is 4.64. The van der Waals surface area contributed by atoms with E-state index < -0.39 is 17.4 Å². The van der Waals surface area contributed by atoms with E-state index in [0.717, 1.165) is 19.5 Å². The number of carbonyl (C=O) groups is 3. The molecular formula is C14H21N3O3. The van der Waals surface area contributed by atoms with Gasteiger partial charge in [0.25, 0.3) is 0 Å². The van der Waals surface area contributed by atoms with Crippen molar-refractivity contribution in [3.05, 3.63) is 0 Å². The zero-order valence-corrected chi connectivity index (χ0v) is 11.9. The summed E-state index contributed by atoms with van der Waals surface area (Å²) >= 11 is 0. The number of rotatable bonds is 3. The molecule has 3 aliphatic rings. The van der Waals surface area contributed by atoms with E-state index in [1.54, 1.807) is 0 Å².